The van der Waals surface area contributed by atoms with Crippen LogP contribution in [-0.2, 0) is 6.54 Å². The molecule has 11 heteroatoms. The zero-order chi connectivity index (χ0) is 23.0. The molecule has 0 spiro atoms. The summed E-state index contributed by atoms with van der Waals surface area (Å²) in [5.41, 5.74) is 1.07. The van der Waals surface area contributed by atoms with Crippen LogP contribution in [0.15, 0.2) is 58.7 Å². The van der Waals surface area contributed by atoms with Crippen LogP contribution < -0.4 is 15.6 Å². The molecule has 0 fully saturated rings. The number of carbonyl (C=O) groups is 1. The Balaban J connectivity index is 1.31. The summed E-state index contributed by atoms with van der Waals surface area (Å²) in [5, 5.41) is 19.4. The van der Waals surface area contributed by atoms with Crippen LogP contribution in [0.25, 0.3) is 10.9 Å². The van der Waals surface area contributed by atoms with Gasteiger partial charge < -0.3 is 15.0 Å². The van der Waals surface area contributed by atoms with Gasteiger partial charge in [0.2, 0.25) is 0 Å². The minimum Gasteiger partial charge on any atom is -0.494 e. The molecule has 166 valence electrons. The van der Waals surface area contributed by atoms with Gasteiger partial charge in [-0.15, -0.1) is 0 Å². The van der Waals surface area contributed by atoms with Crippen LogP contribution in [0.4, 0.5) is 0 Å². The molecule has 1 amide bonds. The second-order valence-electron chi connectivity index (χ2n) is 6.93. The number of hydrogen-bond donors (Lipinski definition) is 3. The molecule has 0 unspecified atom stereocenters. The largest absolute Gasteiger partial charge is 0.494 e. The SMILES string of the molecule is N#Cc1ccc2nc(C(=O)NCc3cccc(OCCCSc4ncn[nH]4)c3)[nH]c(=O)c2c1. The fraction of sp³-hybridized carbons (Fsp3) is 0.182. The normalized spacial score (nSPS) is 10.6. The first-order valence-corrected chi connectivity index (χ1v) is 11.0. The molecule has 4 rings (SSSR count). The maximum absolute atomic E-state index is 12.5. The summed E-state index contributed by atoms with van der Waals surface area (Å²) in [5.74, 6) is 0.958. The zero-order valence-electron chi connectivity index (χ0n) is 17.4. The first-order chi connectivity index (χ1) is 16.1. The number of rotatable bonds is 9. The molecule has 2 heterocycles. The molecule has 0 bridgehead atoms. The van der Waals surface area contributed by atoms with Crippen LogP contribution in [-0.4, -0.2) is 43.4 Å². The Labute approximate surface area is 192 Å². The number of nitrogens with one attached hydrogen (secondary N) is 3. The van der Waals surface area contributed by atoms with E-state index in [-0.39, 0.29) is 17.8 Å². The Morgan fingerprint density at radius 1 is 1.24 bits per heavy atom. The van der Waals surface area contributed by atoms with E-state index in [4.69, 9.17) is 10.00 Å². The second kappa shape index (κ2) is 10.4. The molecule has 0 aliphatic heterocycles. The van der Waals surface area contributed by atoms with Gasteiger partial charge in [0.15, 0.2) is 11.0 Å². The number of ether oxygens (including phenoxy) is 1. The van der Waals surface area contributed by atoms with Crippen molar-refractivity contribution in [1.29, 1.82) is 5.26 Å². The lowest BCUT2D eigenvalue weighted by Crippen LogP contribution is -2.27. The van der Waals surface area contributed by atoms with E-state index in [2.05, 4.69) is 30.5 Å². The molecule has 0 saturated carbocycles. The van der Waals surface area contributed by atoms with Gasteiger partial charge in [-0.3, -0.25) is 14.7 Å². The number of carbonyl (C=O) groups excluding carboxylic acids is 1. The molecule has 2 aromatic carbocycles. The van der Waals surface area contributed by atoms with E-state index >= 15 is 0 Å². The molecule has 33 heavy (non-hydrogen) atoms. The van der Waals surface area contributed by atoms with Gasteiger partial charge in [-0.2, -0.15) is 10.4 Å². The molecule has 0 atom stereocenters. The van der Waals surface area contributed by atoms with Crippen LogP contribution in [0.2, 0.25) is 0 Å². The number of aromatic amines is 2. The van der Waals surface area contributed by atoms with E-state index in [0.29, 0.717) is 23.4 Å². The molecule has 0 radical (unpaired) electrons. The number of H-pyrrole nitrogens is 2. The first-order valence-electron chi connectivity index (χ1n) is 10.0. The highest BCUT2D eigenvalue weighted by molar-refractivity contribution is 7.99. The van der Waals surface area contributed by atoms with Crippen molar-refractivity contribution in [2.75, 3.05) is 12.4 Å². The number of thioether (sulfide) groups is 1. The average Bonchev–Trinajstić information content (AvgIpc) is 3.36. The number of nitriles is 1. The van der Waals surface area contributed by atoms with Crippen molar-refractivity contribution in [3.63, 3.8) is 0 Å². The topological polar surface area (TPSA) is 149 Å². The molecule has 0 aliphatic rings. The van der Waals surface area contributed by atoms with E-state index in [1.54, 1.807) is 23.9 Å². The first kappa shape index (κ1) is 22.0. The summed E-state index contributed by atoms with van der Waals surface area (Å²) in [4.78, 5) is 35.5. The number of nitrogens with zero attached hydrogens (tertiary/aromatic N) is 4. The van der Waals surface area contributed by atoms with Crippen LogP contribution in [0.1, 0.15) is 28.2 Å². The molecular weight excluding hydrogens is 442 g/mol. The number of hydrogen-bond acceptors (Lipinski definition) is 8. The number of amides is 1. The summed E-state index contributed by atoms with van der Waals surface area (Å²) in [7, 11) is 0. The Morgan fingerprint density at radius 3 is 2.97 bits per heavy atom. The summed E-state index contributed by atoms with van der Waals surface area (Å²) in [6, 6.07) is 13.9. The molecule has 0 aliphatic carbocycles. The Bertz CT molecular complexity index is 1360. The van der Waals surface area contributed by atoms with Gasteiger partial charge in [-0.05, 0) is 42.3 Å². The molecular formula is C22H19N7O3S. The Kier molecular flexibility index (Phi) is 6.96. The Hall–Kier alpha value is -4.17. The van der Waals surface area contributed by atoms with Crippen molar-refractivity contribution in [2.45, 2.75) is 18.1 Å². The lowest BCUT2D eigenvalue weighted by molar-refractivity contribution is 0.0940. The van der Waals surface area contributed by atoms with E-state index in [1.807, 2.05) is 30.3 Å². The van der Waals surface area contributed by atoms with Crippen molar-refractivity contribution in [2.24, 2.45) is 0 Å². The monoisotopic (exact) mass is 461 g/mol. The van der Waals surface area contributed by atoms with Crippen LogP contribution in [0, 0.1) is 11.3 Å². The summed E-state index contributed by atoms with van der Waals surface area (Å²) in [6.07, 6.45) is 2.31. The van der Waals surface area contributed by atoms with Gasteiger partial charge in [-0.25, -0.2) is 9.97 Å². The van der Waals surface area contributed by atoms with Gasteiger partial charge in [-0.1, -0.05) is 23.9 Å². The maximum atomic E-state index is 12.5. The average molecular weight is 462 g/mol. The smallest absolute Gasteiger partial charge is 0.287 e. The van der Waals surface area contributed by atoms with E-state index < -0.39 is 11.5 Å². The zero-order valence-corrected chi connectivity index (χ0v) is 18.2. The minimum absolute atomic E-state index is 0.0890. The molecule has 2 aromatic heterocycles. The van der Waals surface area contributed by atoms with Gasteiger partial charge in [0.05, 0.1) is 29.1 Å². The highest BCUT2D eigenvalue weighted by Crippen LogP contribution is 2.16. The van der Waals surface area contributed by atoms with Crippen molar-refractivity contribution >= 4 is 28.6 Å². The number of benzene rings is 2. The molecule has 3 N–H and O–H groups in total. The lowest BCUT2D eigenvalue weighted by Gasteiger charge is -2.09. The van der Waals surface area contributed by atoms with Crippen molar-refractivity contribution < 1.29 is 9.53 Å². The Morgan fingerprint density at radius 2 is 2.15 bits per heavy atom. The second-order valence-corrected chi connectivity index (χ2v) is 8.01. The van der Waals surface area contributed by atoms with Gasteiger partial charge in [0.1, 0.15) is 12.1 Å². The van der Waals surface area contributed by atoms with Crippen molar-refractivity contribution in [3.8, 4) is 11.8 Å². The fourth-order valence-electron chi connectivity index (χ4n) is 3.01. The van der Waals surface area contributed by atoms with E-state index in [0.717, 1.165) is 22.9 Å². The third-order valence-corrected chi connectivity index (χ3v) is 5.55. The van der Waals surface area contributed by atoms with Gasteiger partial charge in [0.25, 0.3) is 11.5 Å². The fourth-order valence-corrected chi connectivity index (χ4v) is 3.70. The molecule has 4 aromatic rings. The quantitative estimate of drug-likeness (QED) is 0.254. The highest BCUT2D eigenvalue weighted by Gasteiger charge is 2.12. The van der Waals surface area contributed by atoms with Gasteiger partial charge >= 0.3 is 0 Å². The van der Waals surface area contributed by atoms with Crippen LogP contribution >= 0.6 is 11.8 Å². The standard InChI is InChI=1S/C22H19N7O3S/c23-11-14-5-6-18-17(10-14)20(30)28-19(27-18)21(31)24-12-15-3-1-4-16(9-15)32-7-2-8-33-22-25-13-26-29-22/h1,3-6,9-10,13H,2,7-8,12H2,(H,24,31)(H,25,26,29)(H,27,28,30). The summed E-state index contributed by atoms with van der Waals surface area (Å²) in [6.45, 7) is 0.791. The highest BCUT2D eigenvalue weighted by atomic mass is 32.2. The molecule has 10 nitrogen and oxygen atoms in total. The third-order valence-electron chi connectivity index (χ3n) is 4.59. The minimum atomic E-state index is -0.505. The van der Waals surface area contributed by atoms with Crippen molar-refractivity contribution in [1.82, 2.24) is 30.5 Å². The molecule has 0 saturated heterocycles. The summed E-state index contributed by atoms with van der Waals surface area (Å²) < 4.78 is 5.79. The predicted octanol–water partition coefficient (Wildman–Crippen LogP) is 2.40. The van der Waals surface area contributed by atoms with Crippen molar-refractivity contribution in [3.05, 3.63) is 76.1 Å². The van der Waals surface area contributed by atoms with Crippen LogP contribution in [0.5, 0.6) is 5.75 Å². The number of aromatic nitrogens is 5. The predicted molar refractivity (Wildman–Crippen MR) is 122 cm³/mol. The third kappa shape index (κ3) is 5.75. The maximum Gasteiger partial charge on any atom is 0.287 e. The van der Waals surface area contributed by atoms with Gasteiger partial charge in [0, 0.05) is 12.3 Å². The van der Waals surface area contributed by atoms with E-state index in [9.17, 15) is 9.59 Å². The van der Waals surface area contributed by atoms with E-state index in [1.165, 1.54) is 12.4 Å². The van der Waals surface area contributed by atoms with Crippen LogP contribution in [0.3, 0.4) is 0 Å². The lowest BCUT2D eigenvalue weighted by atomic mass is 10.1. The summed E-state index contributed by atoms with van der Waals surface area (Å²) >= 11 is 1.58. The number of fused-ring (bicyclic) bond motifs is 1.